The second-order valence-corrected chi connectivity index (χ2v) is 8.72. The normalized spacial score (nSPS) is 22.3. The topological polar surface area (TPSA) is 93.6 Å². The Hall–Kier alpha value is -1.93. The Bertz CT molecular complexity index is 794. The molecule has 1 unspecified atom stereocenters. The van der Waals surface area contributed by atoms with E-state index in [1.54, 1.807) is 0 Å². The number of aromatic nitrogens is 4. The number of piperidine rings is 1. The summed E-state index contributed by atoms with van der Waals surface area (Å²) in [6, 6.07) is 1.03. The molecule has 160 valence electrons. The van der Waals surface area contributed by atoms with Crippen molar-refractivity contribution < 1.29 is 4.74 Å². The average molecular weight is 402 g/mol. The molecule has 3 N–H and O–H groups in total. The van der Waals surface area contributed by atoms with Crippen molar-refractivity contribution in [3.8, 4) is 6.01 Å². The number of nitrogens with zero attached hydrogens (tertiary/aromatic N) is 5. The van der Waals surface area contributed by atoms with Crippen LogP contribution in [0.3, 0.4) is 0 Å². The number of nitrogens with one attached hydrogen (secondary N) is 1. The number of hydrogen-bond donors (Lipinski definition) is 2. The van der Waals surface area contributed by atoms with E-state index in [1.807, 2.05) is 17.6 Å². The number of likely N-dealkylation sites (tertiary alicyclic amines) is 1. The predicted molar refractivity (Wildman–Crippen MR) is 114 cm³/mol. The van der Waals surface area contributed by atoms with Crippen LogP contribution in [-0.2, 0) is 6.42 Å². The molecule has 4 heterocycles. The minimum Gasteiger partial charge on any atom is -0.459 e. The van der Waals surface area contributed by atoms with Gasteiger partial charge >= 0.3 is 6.01 Å². The molecule has 0 aliphatic carbocycles. The van der Waals surface area contributed by atoms with Crippen molar-refractivity contribution in [2.24, 2.45) is 5.92 Å². The van der Waals surface area contributed by atoms with Crippen LogP contribution in [-0.4, -0.2) is 62.8 Å². The van der Waals surface area contributed by atoms with E-state index in [-0.39, 0.29) is 6.10 Å². The first kappa shape index (κ1) is 20.3. The lowest BCUT2D eigenvalue weighted by atomic mass is 9.92. The van der Waals surface area contributed by atoms with E-state index >= 15 is 0 Å². The fourth-order valence-electron chi connectivity index (χ4n) is 4.66. The number of ether oxygens (including phenoxy) is 1. The highest BCUT2D eigenvalue weighted by Crippen LogP contribution is 2.24. The lowest BCUT2D eigenvalue weighted by Crippen LogP contribution is -2.42. The van der Waals surface area contributed by atoms with Crippen molar-refractivity contribution >= 4 is 11.5 Å². The third-order valence-corrected chi connectivity index (χ3v) is 6.29. The van der Waals surface area contributed by atoms with Crippen LogP contribution >= 0.6 is 0 Å². The van der Waals surface area contributed by atoms with E-state index in [9.17, 15) is 0 Å². The molecule has 2 saturated heterocycles. The van der Waals surface area contributed by atoms with Gasteiger partial charge in [-0.2, -0.15) is 4.98 Å². The average Bonchev–Trinajstić information content (AvgIpc) is 3.34. The highest BCUT2D eigenvalue weighted by atomic mass is 16.5. The molecule has 2 aromatic rings. The number of nitrogens with two attached hydrogens (primary N) is 1. The first-order valence-electron chi connectivity index (χ1n) is 11.2. The summed E-state index contributed by atoms with van der Waals surface area (Å²) >= 11 is 0. The number of imidazole rings is 1. The molecule has 0 amide bonds. The molecule has 2 aliphatic heterocycles. The fraction of sp³-hybridized carbons (Fsp3) is 0.762. The van der Waals surface area contributed by atoms with Crippen molar-refractivity contribution in [2.75, 3.05) is 31.9 Å². The molecule has 2 aromatic heterocycles. The summed E-state index contributed by atoms with van der Waals surface area (Å²) in [5.74, 6) is 1.03. The summed E-state index contributed by atoms with van der Waals surface area (Å²) in [6.45, 7) is 8.92. The molecular formula is C21H35N7O. The van der Waals surface area contributed by atoms with Crippen molar-refractivity contribution in [3.05, 3.63) is 11.9 Å². The third-order valence-electron chi connectivity index (χ3n) is 6.29. The zero-order valence-corrected chi connectivity index (χ0v) is 17.8. The van der Waals surface area contributed by atoms with Gasteiger partial charge in [-0.1, -0.05) is 13.3 Å². The van der Waals surface area contributed by atoms with Gasteiger partial charge in [-0.3, -0.25) is 0 Å². The summed E-state index contributed by atoms with van der Waals surface area (Å²) in [7, 11) is 0. The van der Waals surface area contributed by atoms with Crippen molar-refractivity contribution in [1.82, 2.24) is 29.8 Å². The fourth-order valence-corrected chi connectivity index (χ4v) is 4.66. The van der Waals surface area contributed by atoms with Crippen molar-refractivity contribution in [2.45, 2.75) is 70.9 Å². The lowest BCUT2D eigenvalue weighted by Gasteiger charge is -2.33. The van der Waals surface area contributed by atoms with Gasteiger partial charge in [-0.05, 0) is 71.0 Å². The quantitative estimate of drug-likeness (QED) is 0.701. The second kappa shape index (κ2) is 9.26. The number of fused-ring (bicyclic) bond motifs is 1. The number of hydrogen-bond acceptors (Lipinski definition) is 7. The van der Waals surface area contributed by atoms with E-state index in [1.165, 1.54) is 51.9 Å². The minimum atomic E-state index is 0.0718. The van der Waals surface area contributed by atoms with Gasteiger partial charge in [0.15, 0.2) is 11.5 Å². The standard InChI is InChI=1S/C21H35N7O/c1-3-5-15(2)29-21-25-19(22)20-24-13-18(28(20)26-21)12-16-7-10-27(11-8-16)14-17-6-4-9-23-17/h13,15-17,23H,3-12,14H2,1-2H3,(H2,22,25,26)/t15-,17?/m0/s1. The Morgan fingerprint density at radius 1 is 1.31 bits per heavy atom. The Kier molecular flexibility index (Phi) is 6.50. The smallest absolute Gasteiger partial charge is 0.336 e. The largest absolute Gasteiger partial charge is 0.459 e. The van der Waals surface area contributed by atoms with Gasteiger partial charge in [0, 0.05) is 12.6 Å². The first-order valence-corrected chi connectivity index (χ1v) is 11.2. The summed E-state index contributed by atoms with van der Waals surface area (Å²) < 4.78 is 7.71. The van der Waals surface area contributed by atoms with Gasteiger partial charge in [-0.25, -0.2) is 9.50 Å². The van der Waals surface area contributed by atoms with Crippen LogP contribution in [0.5, 0.6) is 6.01 Å². The summed E-state index contributed by atoms with van der Waals surface area (Å²) in [4.78, 5) is 11.4. The third kappa shape index (κ3) is 4.98. The molecule has 0 radical (unpaired) electrons. The van der Waals surface area contributed by atoms with Gasteiger partial charge in [-0.15, -0.1) is 5.10 Å². The molecule has 0 bridgehead atoms. The van der Waals surface area contributed by atoms with E-state index in [2.05, 4.69) is 32.2 Å². The zero-order valence-electron chi connectivity index (χ0n) is 17.8. The van der Waals surface area contributed by atoms with Gasteiger partial charge in [0.25, 0.3) is 0 Å². The van der Waals surface area contributed by atoms with Crippen LogP contribution in [0.1, 0.15) is 58.1 Å². The van der Waals surface area contributed by atoms with Crippen LogP contribution in [0.25, 0.3) is 5.65 Å². The van der Waals surface area contributed by atoms with E-state index in [0.29, 0.717) is 29.4 Å². The van der Waals surface area contributed by atoms with Crippen LogP contribution < -0.4 is 15.8 Å². The Labute approximate surface area is 173 Å². The maximum Gasteiger partial charge on any atom is 0.336 e. The highest BCUT2D eigenvalue weighted by molar-refractivity contribution is 5.59. The van der Waals surface area contributed by atoms with Gasteiger partial charge < -0.3 is 20.7 Å². The van der Waals surface area contributed by atoms with Gasteiger partial charge in [0.2, 0.25) is 0 Å². The Morgan fingerprint density at radius 2 is 2.14 bits per heavy atom. The number of anilines is 1. The second-order valence-electron chi connectivity index (χ2n) is 8.72. The van der Waals surface area contributed by atoms with Crippen molar-refractivity contribution in [3.63, 3.8) is 0 Å². The summed E-state index contributed by atoms with van der Waals surface area (Å²) in [6.07, 6.45) is 10.0. The molecule has 2 aliphatic rings. The maximum atomic E-state index is 6.12. The molecule has 29 heavy (non-hydrogen) atoms. The molecule has 8 nitrogen and oxygen atoms in total. The van der Waals surface area contributed by atoms with Gasteiger partial charge in [0.05, 0.1) is 18.0 Å². The monoisotopic (exact) mass is 401 g/mol. The SMILES string of the molecule is CCC[C@H](C)Oc1nc(N)c2ncc(CC3CCN(CC4CCCN4)CC3)n2n1. The first-order chi connectivity index (χ1) is 14.1. The molecule has 8 heteroatoms. The van der Waals surface area contributed by atoms with E-state index < -0.39 is 0 Å². The molecule has 2 atom stereocenters. The molecular weight excluding hydrogens is 366 g/mol. The van der Waals surface area contributed by atoms with Crippen LogP contribution in [0.15, 0.2) is 6.20 Å². The minimum absolute atomic E-state index is 0.0718. The van der Waals surface area contributed by atoms with Gasteiger partial charge in [0.1, 0.15) is 0 Å². The van der Waals surface area contributed by atoms with Crippen LogP contribution in [0.2, 0.25) is 0 Å². The molecule has 0 aromatic carbocycles. The van der Waals surface area contributed by atoms with Crippen LogP contribution in [0, 0.1) is 5.92 Å². The van der Waals surface area contributed by atoms with E-state index in [0.717, 1.165) is 25.0 Å². The molecule has 0 spiro atoms. The van der Waals surface area contributed by atoms with Crippen molar-refractivity contribution in [1.29, 1.82) is 0 Å². The summed E-state index contributed by atoms with van der Waals surface area (Å²) in [5, 5.41) is 8.20. The zero-order chi connectivity index (χ0) is 20.2. The van der Waals surface area contributed by atoms with Crippen LogP contribution in [0.4, 0.5) is 5.82 Å². The Balaban J connectivity index is 1.38. The maximum absolute atomic E-state index is 6.12. The highest BCUT2D eigenvalue weighted by Gasteiger charge is 2.24. The Morgan fingerprint density at radius 3 is 2.86 bits per heavy atom. The molecule has 2 fully saturated rings. The number of nitrogen functional groups attached to an aromatic ring is 1. The van der Waals surface area contributed by atoms with E-state index in [4.69, 9.17) is 10.5 Å². The molecule has 4 rings (SSSR count). The lowest BCUT2D eigenvalue weighted by molar-refractivity contribution is 0.170. The molecule has 0 saturated carbocycles. The number of rotatable bonds is 8. The summed E-state index contributed by atoms with van der Waals surface area (Å²) in [5.41, 5.74) is 7.84. The predicted octanol–water partition coefficient (Wildman–Crippen LogP) is 2.28.